The molecular weight excluding hydrogens is 217 g/mol. The fourth-order valence-electron chi connectivity index (χ4n) is 1.53. The van der Waals surface area contributed by atoms with Crippen LogP contribution in [0, 0.1) is 0 Å². The highest BCUT2D eigenvalue weighted by Gasteiger charge is 2.38. The molecule has 0 aliphatic carbocycles. The zero-order valence-corrected chi connectivity index (χ0v) is 9.53. The van der Waals surface area contributed by atoms with Gasteiger partial charge >= 0.3 is 6.09 Å². The largest absolute Gasteiger partial charge is 0.548 e. The molecule has 2 atom stereocenters. The van der Waals surface area contributed by atoms with Crippen molar-refractivity contribution < 1.29 is 23.8 Å². The fraction of sp³-hybridized carbons (Fsp3) is 0.800. The number of hydrogen-bond donors (Lipinski definition) is 0. The van der Waals surface area contributed by atoms with Crippen LogP contribution in [0.3, 0.4) is 0 Å². The molecule has 1 saturated heterocycles. The third-order valence-electron chi connectivity index (χ3n) is 2.15. The standard InChI is InChI=1S/C10H16FNO4/c1-10(2,3)16-9(15)12-5-6(11)4-7(12)8(13)14/h6-7H,4-5H2,1-3H3,(H,13,14)/p-1/t6-,7-/m0/s1. The number of halogens is 1. The summed E-state index contributed by atoms with van der Waals surface area (Å²) in [5, 5.41) is 10.7. The third-order valence-corrected chi connectivity index (χ3v) is 2.15. The maximum atomic E-state index is 13.0. The van der Waals surface area contributed by atoms with E-state index in [0.29, 0.717) is 0 Å². The van der Waals surface area contributed by atoms with Crippen molar-refractivity contribution in [1.82, 2.24) is 4.90 Å². The van der Waals surface area contributed by atoms with Gasteiger partial charge in [-0.2, -0.15) is 0 Å². The van der Waals surface area contributed by atoms with Gasteiger partial charge in [-0.3, -0.25) is 4.90 Å². The van der Waals surface area contributed by atoms with Gasteiger partial charge in [0.2, 0.25) is 0 Å². The van der Waals surface area contributed by atoms with Crippen LogP contribution < -0.4 is 5.11 Å². The molecule has 1 heterocycles. The first-order valence-corrected chi connectivity index (χ1v) is 5.05. The van der Waals surface area contributed by atoms with Crippen LogP contribution in [0.1, 0.15) is 27.2 Å². The highest BCUT2D eigenvalue weighted by Crippen LogP contribution is 2.22. The molecule has 1 aliphatic rings. The molecule has 0 aromatic rings. The van der Waals surface area contributed by atoms with Gasteiger partial charge in [0.05, 0.1) is 18.6 Å². The molecule has 5 nitrogen and oxygen atoms in total. The van der Waals surface area contributed by atoms with Crippen molar-refractivity contribution in [2.45, 2.75) is 45.0 Å². The Morgan fingerprint density at radius 3 is 2.44 bits per heavy atom. The Morgan fingerprint density at radius 1 is 1.44 bits per heavy atom. The second-order valence-electron chi connectivity index (χ2n) is 4.80. The Kier molecular flexibility index (Phi) is 3.40. The lowest BCUT2D eigenvalue weighted by Crippen LogP contribution is -2.48. The van der Waals surface area contributed by atoms with Gasteiger partial charge in [-0.25, -0.2) is 9.18 Å². The Balaban J connectivity index is 2.71. The zero-order chi connectivity index (χ0) is 12.5. The number of carbonyl (C=O) groups excluding carboxylic acids is 2. The van der Waals surface area contributed by atoms with E-state index >= 15 is 0 Å². The molecule has 1 aliphatic heterocycles. The molecule has 0 saturated carbocycles. The predicted molar refractivity (Wildman–Crippen MR) is 51.2 cm³/mol. The van der Waals surface area contributed by atoms with Crippen LogP contribution in [-0.4, -0.2) is 41.3 Å². The molecule has 1 amide bonds. The number of alkyl halides is 1. The van der Waals surface area contributed by atoms with Gasteiger partial charge in [0, 0.05) is 6.42 Å². The first-order valence-electron chi connectivity index (χ1n) is 5.05. The number of aliphatic carboxylic acids is 1. The number of rotatable bonds is 1. The molecule has 16 heavy (non-hydrogen) atoms. The summed E-state index contributed by atoms with van der Waals surface area (Å²) in [5.74, 6) is -1.45. The number of likely N-dealkylation sites (tertiary alicyclic amines) is 1. The number of amides is 1. The number of nitrogens with zero attached hydrogens (tertiary/aromatic N) is 1. The zero-order valence-electron chi connectivity index (χ0n) is 9.53. The van der Waals surface area contributed by atoms with Crippen molar-refractivity contribution in [1.29, 1.82) is 0 Å². The van der Waals surface area contributed by atoms with E-state index in [1.54, 1.807) is 20.8 Å². The summed E-state index contributed by atoms with van der Waals surface area (Å²) >= 11 is 0. The fourth-order valence-corrected chi connectivity index (χ4v) is 1.53. The topological polar surface area (TPSA) is 69.7 Å². The Hall–Kier alpha value is -1.33. The smallest absolute Gasteiger partial charge is 0.410 e. The van der Waals surface area contributed by atoms with E-state index in [-0.39, 0.29) is 13.0 Å². The van der Waals surface area contributed by atoms with Crippen molar-refractivity contribution in [2.24, 2.45) is 0 Å². The maximum absolute atomic E-state index is 13.0. The van der Waals surface area contributed by atoms with Gasteiger partial charge in [0.1, 0.15) is 11.8 Å². The second-order valence-corrected chi connectivity index (χ2v) is 4.80. The first kappa shape index (κ1) is 12.7. The van der Waals surface area contributed by atoms with Crippen molar-refractivity contribution in [3.8, 4) is 0 Å². The van der Waals surface area contributed by atoms with Crippen molar-refractivity contribution >= 4 is 12.1 Å². The molecule has 1 fully saturated rings. The highest BCUT2D eigenvalue weighted by molar-refractivity contribution is 5.79. The SMILES string of the molecule is CC(C)(C)OC(=O)N1C[C@@H](F)C[C@H]1C(=O)[O-]. The van der Waals surface area contributed by atoms with Gasteiger partial charge in [0.15, 0.2) is 0 Å². The van der Waals surface area contributed by atoms with Crippen LogP contribution in [0.4, 0.5) is 9.18 Å². The summed E-state index contributed by atoms with van der Waals surface area (Å²) in [6.07, 6.45) is -2.39. The molecule has 0 bridgehead atoms. The Labute approximate surface area is 93.2 Å². The van der Waals surface area contributed by atoms with Gasteiger partial charge < -0.3 is 14.6 Å². The first-order chi connectivity index (χ1) is 7.20. The Bertz CT molecular complexity index is 300. The summed E-state index contributed by atoms with van der Waals surface area (Å²) in [6.45, 7) is 4.71. The van der Waals surface area contributed by atoms with E-state index in [9.17, 15) is 19.1 Å². The molecular formula is C10H15FNO4-. The molecule has 0 spiro atoms. The van der Waals surface area contributed by atoms with E-state index in [0.717, 1.165) is 4.90 Å². The van der Waals surface area contributed by atoms with Crippen LogP contribution in [0.5, 0.6) is 0 Å². The minimum Gasteiger partial charge on any atom is -0.548 e. The minimum atomic E-state index is -1.45. The van der Waals surface area contributed by atoms with E-state index in [2.05, 4.69) is 0 Å². The number of carboxylic acids is 1. The van der Waals surface area contributed by atoms with Crippen LogP contribution >= 0.6 is 0 Å². The highest BCUT2D eigenvalue weighted by atomic mass is 19.1. The van der Waals surface area contributed by atoms with E-state index in [4.69, 9.17) is 4.74 Å². The average molecular weight is 232 g/mol. The van der Waals surface area contributed by atoms with Gasteiger partial charge in [-0.15, -0.1) is 0 Å². The maximum Gasteiger partial charge on any atom is 0.410 e. The molecule has 6 heteroatoms. The van der Waals surface area contributed by atoms with Crippen molar-refractivity contribution in [3.63, 3.8) is 0 Å². The molecule has 0 aromatic heterocycles. The monoisotopic (exact) mass is 232 g/mol. The van der Waals surface area contributed by atoms with Gasteiger partial charge in [-0.05, 0) is 20.8 Å². The molecule has 0 unspecified atom stereocenters. The second kappa shape index (κ2) is 4.27. The Morgan fingerprint density at radius 2 is 2.00 bits per heavy atom. The van der Waals surface area contributed by atoms with E-state index in [1.165, 1.54) is 0 Å². The predicted octanol–water partition coefficient (Wildman–Crippen LogP) is 0.0838. The van der Waals surface area contributed by atoms with E-state index in [1.807, 2.05) is 0 Å². The van der Waals surface area contributed by atoms with Crippen molar-refractivity contribution in [2.75, 3.05) is 6.54 Å². The summed E-state index contributed by atoms with van der Waals surface area (Å²) in [6, 6.07) is -1.23. The normalized spacial score (nSPS) is 25.6. The minimum absolute atomic E-state index is 0.235. The van der Waals surface area contributed by atoms with Crippen LogP contribution in [-0.2, 0) is 9.53 Å². The molecule has 0 radical (unpaired) electrons. The van der Waals surface area contributed by atoms with Crippen LogP contribution in [0.25, 0.3) is 0 Å². The number of ether oxygens (including phenoxy) is 1. The summed E-state index contributed by atoms with van der Waals surface area (Å²) < 4.78 is 18.0. The lowest BCUT2D eigenvalue weighted by Gasteiger charge is -2.28. The molecule has 0 N–H and O–H groups in total. The lowest BCUT2D eigenvalue weighted by molar-refractivity contribution is -0.310. The molecule has 92 valence electrons. The number of hydrogen-bond acceptors (Lipinski definition) is 4. The third kappa shape index (κ3) is 3.08. The van der Waals surface area contributed by atoms with Crippen molar-refractivity contribution in [3.05, 3.63) is 0 Å². The van der Waals surface area contributed by atoms with Crippen LogP contribution in [0.2, 0.25) is 0 Å². The lowest BCUT2D eigenvalue weighted by atomic mass is 10.2. The summed E-state index contributed by atoms with van der Waals surface area (Å²) in [7, 11) is 0. The van der Waals surface area contributed by atoms with Gasteiger partial charge in [-0.1, -0.05) is 0 Å². The number of carboxylic acid groups (broad SMARTS) is 1. The number of carbonyl (C=O) groups is 2. The summed E-state index contributed by atoms with van der Waals surface area (Å²) in [5.41, 5.74) is -0.734. The van der Waals surface area contributed by atoms with Crippen LogP contribution in [0.15, 0.2) is 0 Å². The molecule has 1 rings (SSSR count). The quantitative estimate of drug-likeness (QED) is 0.642. The average Bonchev–Trinajstić information content (AvgIpc) is 2.44. The summed E-state index contributed by atoms with van der Waals surface area (Å²) in [4.78, 5) is 23.1. The molecule has 0 aromatic carbocycles. The van der Waals surface area contributed by atoms with Gasteiger partial charge in [0.25, 0.3) is 0 Å². The van der Waals surface area contributed by atoms with E-state index < -0.39 is 29.9 Å².